The molecule has 1 amide bonds. The van der Waals surface area contributed by atoms with Crippen molar-refractivity contribution in [3.63, 3.8) is 0 Å². The van der Waals surface area contributed by atoms with E-state index >= 15 is 0 Å². The van der Waals surface area contributed by atoms with Crippen LogP contribution in [-0.4, -0.2) is 40.0 Å². The quantitative estimate of drug-likeness (QED) is 0.658. The van der Waals surface area contributed by atoms with E-state index in [0.29, 0.717) is 6.54 Å². The zero-order valence-electron chi connectivity index (χ0n) is 13.8. The first kappa shape index (κ1) is 19.9. The van der Waals surface area contributed by atoms with Crippen LogP contribution in [0, 0.1) is 0 Å². The van der Waals surface area contributed by atoms with E-state index in [1.165, 1.54) is 18.2 Å². The highest BCUT2D eigenvalue weighted by atomic mass is 35.5. The molecule has 0 radical (unpaired) electrons. The fourth-order valence-corrected chi connectivity index (χ4v) is 3.35. The minimum absolute atomic E-state index is 0.0179. The Bertz CT molecular complexity index is 647. The molecule has 0 heterocycles. The van der Waals surface area contributed by atoms with E-state index in [1.54, 1.807) is 13.8 Å². The number of carbonyl (C=O) groups is 1. The van der Waals surface area contributed by atoms with E-state index in [4.69, 9.17) is 11.6 Å². The van der Waals surface area contributed by atoms with Crippen LogP contribution in [-0.2, 0) is 10.0 Å². The molecule has 1 atom stereocenters. The van der Waals surface area contributed by atoms with Crippen LogP contribution in [0.1, 0.15) is 37.6 Å². The first-order valence-electron chi connectivity index (χ1n) is 7.44. The summed E-state index contributed by atoms with van der Waals surface area (Å²) in [7, 11) is -1.82. The summed E-state index contributed by atoms with van der Waals surface area (Å²) in [5.74, 6) is -0.389. The van der Waals surface area contributed by atoms with Gasteiger partial charge in [0.25, 0.3) is 5.91 Å². The van der Waals surface area contributed by atoms with Crippen LogP contribution in [0.15, 0.2) is 23.1 Å². The van der Waals surface area contributed by atoms with E-state index in [2.05, 4.69) is 15.4 Å². The summed E-state index contributed by atoms with van der Waals surface area (Å²) in [4.78, 5) is 12.2. The molecule has 0 bridgehead atoms. The van der Waals surface area contributed by atoms with E-state index in [1.807, 2.05) is 14.0 Å². The third-order valence-corrected chi connectivity index (χ3v) is 5.23. The molecule has 130 valence electrons. The molecule has 0 aromatic heterocycles. The fraction of sp³-hybridized carbons (Fsp3) is 0.533. The lowest BCUT2D eigenvalue weighted by Crippen LogP contribution is -2.32. The second-order valence-electron chi connectivity index (χ2n) is 5.65. The first-order chi connectivity index (χ1) is 10.7. The molecule has 0 unspecified atom stereocenters. The van der Waals surface area contributed by atoms with E-state index in [9.17, 15) is 13.2 Å². The molecule has 23 heavy (non-hydrogen) atoms. The van der Waals surface area contributed by atoms with E-state index in [0.717, 1.165) is 6.42 Å². The standard InChI is InChI=1S/C15H24ClN3O3S/c1-10(2)19-23(21,22)12-5-6-14(16)13(9-12)15(20)18-8-7-11(3)17-4/h5-6,9-11,17,19H,7-8H2,1-4H3,(H,18,20)/t11-/m1/s1. The summed E-state index contributed by atoms with van der Waals surface area (Å²) < 4.78 is 26.8. The largest absolute Gasteiger partial charge is 0.352 e. The van der Waals surface area contributed by atoms with E-state index in [-0.39, 0.29) is 33.5 Å². The average Bonchev–Trinajstić information content (AvgIpc) is 2.45. The Morgan fingerprint density at radius 1 is 1.26 bits per heavy atom. The van der Waals surface area contributed by atoms with Crippen LogP contribution in [0.2, 0.25) is 5.02 Å². The van der Waals surface area contributed by atoms with Gasteiger partial charge in [-0.3, -0.25) is 4.79 Å². The smallest absolute Gasteiger partial charge is 0.252 e. The molecule has 1 aromatic rings. The van der Waals surface area contributed by atoms with Gasteiger partial charge in [0.15, 0.2) is 0 Å². The number of sulfonamides is 1. The van der Waals surface area contributed by atoms with Crippen molar-refractivity contribution in [2.24, 2.45) is 0 Å². The predicted octanol–water partition coefficient (Wildman–Crippen LogP) is 1.75. The van der Waals surface area contributed by atoms with Crippen LogP contribution in [0.4, 0.5) is 0 Å². The molecule has 1 aromatic carbocycles. The topological polar surface area (TPSA) is 87.3 Å². The summed E-state index contributed by atoms with van der Waals surface area (Å²) in [5, 5.41) is 6.03. The summed E-state index contributed by atoms with van der Waals surface area (Å²) in [6.07, 6.45) is 0.757. The zero-order chi connectivity index (χ0) is 17.6. The number of amides is 1. The SMILES string of the molecule is CN[C@H](C)CCNC(=O)c1cc(S(=O)(=O)NC(C)C)ccc1Cl. The maximum Gasteiger partial charge on any atom is 0.252 e. The lowest BCUT2D eigenvalue weighted by molar-refractivity contribution is 0.0952. The van der Waals surface area contributed by atoms with Gasteiger partial charge in [-0.1, -0.05) is 11.6 Å². The fourth-order valence-electron chi connectivity index (χ4n) is 1.87. The van der Waals surface area contributed by atoms with Gasteiger partial charge in [-0.15, -0.1) is 0 Å². The molecule has 3 N–H and O–H groups in total. The van der Waals surface area contributed by atoms with Crippen molar-refractivity contribution in [3.8, 4) is 0 Å². The monoisotopic (exact) mass is 361 g/mol. The lowest BCUT2D eigenvalue weighted by Gasteiger charge is -2.13. The molecule has 0 aliphatic heterocycles. The van der Waals surface area contributed by atoms with Gasteiger partial charge in [-0.2, -0.15) is 0 Å². The Morgan fingerprint density at radius 2 is 1.91 bits per heavy atom. The van der Waals surface area contributed by atoms with Crippen LogP contribution in [0.5, 0.6) is 0 Å². The third kappa shape index (κ3) is 6.10. The number of carbonyl (C=O) groups excluding carboxylic acids is 1. The van der Waals surface area contributed by atoms with Gasteiger partial charge in [0.1, 0.15) is 0 Å². The Hall–Kier alpha value is -1.15. The van der Waals surface area contributed by atoms with Gasteiger partial charge in [0.05, 0.1) is 15.5 Å². The number of hydrogen-bond acceptors (Lipinski definition) is 4. The zero-order valence-corrected chi connectivity index (χ0v) is 15.4. The second-order valence-corrected chi connectivity index (χ2v) is 7.77. The van der Waals surface area contributed by atoms with Crippen molar-refractivity contribution in [3.05, 3.63) is 28.8 Å². The minimum atomic E-state index is -3.67. The minimum Gasteiger partial charge on any atom is -0.352 e. The molecule has 0 spiro atoms. The van der Waals surface area contributed by atoms with Gasteiger partial charge in [-0.25, -0.2) is 13.1 Å². The Balaban J connectivity index is 2.91. The van der Waals surface area contributed by atoms with Gasteiger partial charge in [0.2, 0.25) is 10.0 Å². The van der Waals surface area contributed by atoms with Crippen LogP contribution in [0.25, 0.3) is 0 Å². The summed E-state index contributed by atoms with van der Waals surface area (Å²) in [6.45, 7) is 5.93. The lowest BCUT2D eigenvalue weighted by atomic mass is 10.2. The maximum atomic E-state index is 12.2. The normalized spacial score (nSPS) is 13.1. The highest BCUT2D eigenvalue weighted by molar-refractivity contribution is 7.89. The highest BCUT2D eigenvalue weighted by Gasteiger charge is 2.19. The van der Waals surface area contributed by atoms with Crippen LogP contribution in [0.3, 0.4) is 0 Å². The molecule has 0 aliphatic rings. The first-order valence-corrected chi connectivity index (χ1v) is 9.31. The van der Waals surface area contributed by atoms with Crippen molar-refractivity contribution >= 4 is 27.5 Å². The predicted molar refractivity (Wildman–Crippen MR) is 92.4 cm³/mol. The number of benzene rings is 1. The third-order valence-electron chi connectivity index (χ3n) is 3.24. The molecule has 6 nitrogen and oxygen atoms in total. The Morgan fingerprint density at radius 3 is 2.48 bits per heavy atom. The molecule has 1 rings (SSSR count). The molecular formula is C15H24ClN3O3S. The summed E-state index contributed by atoms with van der Waals surface area (Å²) >= 11 is 6.03. The number of rotatable bonds is 8. The second kappa shape index (κ2) is 8.63. The van der Waals surface area contributed by atoms with Crippen LogP contribution >= 0.6 is 11.6 Å². The summed E-state index contributed by atoms with van der Waals surface area (Å²) in [5.41, 5.74) is 0.149. The van der Waals surface area contributed by atoms with Gasteiger partial charge < -0.3 is 10.6 Å². The van der Waals surface area contributed by atoms with Crippen LogP contribution < -0.4 is 15.4 Å². The number of hydrogen-bond donors (Lipinski definition) is 3. The van der Waals surface area contributed by atoms with Crippen molar-refractivity contribution in [2.75, 3.05) is 13.6 Å². The van der Waals surface area contributed by atoms with Crippen molar-refractivity contribution < 1.29 is 13.2 Å². The van der Waals surface area contributed by atoms with Crippen molar-refractivity contribution in [1.29, 1.82) is 0 Å². The highest BCUT2D eigenvalue weighted by Crippen LogP contribution is 2.20. The van der Waals surface area contributed by atoms with Gasteiger partial charge >= 0.3 is 0 Å². The molecule has 0 fully saturated rings. The van der Waals surface area contributed by atoms with Gasteiger partial charge in [-0.05, 0) is 52.4 Å². The van der Waals surface area contributed by atoms with E-state index < -0.39 is 10.0 Å². The Kier molecular flexibility index (Phi) is 7.47. The number of nitrogens with one attached hydrogen (secondary N) is 3. The van der Waals surface area contributed by atoms with Gasteiger partial charge in [0, 0.05) is 18.6 Å². The molecular weight excluding hydrogens is 338 g/mol. The molecule has 0 saturated heterocycles. The summed E-state index contributed by atoms with van der Waals surface area (Å²) in [6, 6.07) is 4.13. The van der Waals surface area contributed by atoms with Crippen molar-refractivity contribution in [1.82, 2.24) is 15.4 Å². The Labute approximate surface area is 143 Å². The molecule has 8 heteroatoms. The average molecular weight is 362 g/mol. The maximum absolute atomic E-state index is 12.2. The molecule has 0 saturated carbocycles. The van der Waals surface area contributed by atoms with Crippen molar-refractivity contribution in [2.45, 2.75) is 44.2 Å². The molecule has 0 aliphatic carbocycles. The number of halogens is 1.